The Labute approximate surface area is 138 Å². The lowest BCUT2D eigenvalue weighted by Crippen LogP contribution is -2.31. The second-order valence-corrected chi connectivity index (χ2v) is 5.98. The predicted octanol–water partition coefficient (Wildman–Crippen LogP) is 2.90. The number of amides is 1. The van der Waals surface area contributed by atoms with Crippen LogP contribution in [0.25, 0.3) is 0 Å². The van der Waals surface area contributed by atoms with Gasteiger partial charge in [-0.15, -0.1) is 0 Å². The number of anilines is 1. The van der Waals surface area contributed by atoms with E-state index in [9.17, 15) is 4.79 Å². The van der Waals surface area contributed by atoms with Gasteiger partial charge in [-0.3, -0.25) is 4.79 Å². The zero-order valence-electron chi connectivity index (χ0n) is 14.1. The molecule has 0 aliphatic carbocycles. The quantitative estimate of drug-likeness (QED) is 0.826. The van der Waals surface area contributed by atoms with Gasteiger partial charge in [-0.05, 0) is 44.8 Å². The molecule has 0 aliphatic rings. The van der Waals surface area contributed by atoms with Crippen LogP contribution in [0.3, 0.4) is 0 Å². The second-order valence-electron chi connectivity index (χ2n) is 5.98. The fraction of sp³-hybridized carbons (Fsp3) is 0.316. The first-order chi connectivity index (χ1) is 11.0. The fourth-order valence-electron chi connectivity index (χ4n) is 2.18. The monoisotopic (exact) mass is 311 g/mol. The molecule has 0 spiro atoms. The Bertz CT molecular complexity index is 635. The highest BCUT2D eigenvalue weighted by Gasteiger charge is 2.05. The molecule has 0 saturated heterocycles. The Morgan fingerprint density at radius 3 is 2.52 bits per heavy atom. The van der Waals surface area contributed by atoms with Crippen LogP contribution in [0.5, 0.6) is 0 Å². The highest BCUT2D eigenvalue weighted by Crippen LogP contribution is 2.12. The number of hydrogen-bond acceptors (Lipinski definition) is 3. The molecule has 2 aromatic rings. The molecule has 2 rings (SSSR count). The fourth-order valence-corrected chi connectivity index (χ4v) is 2.18. The number of hydrogen-bond donors (Lipinski definition) is 2. The van der Waals surface area contributed by atoms with Crippen LogP contribution in [0.15, 0.2) is 48.5 Å². The Hall–Kier alpha value is -2.33. The molecule has 0 aliphatic heterocycles. The summed E-state index contributed by atoms with van der Waals surface area (Å²) in [7, 11) is 3.98. The molecule has 2 N–H and O–H groups in total. The van der Waals surface area contributed by atoms with Crippen LogP contribution in [-0.2, 0) is 6.54 Å². The largest absolute Gasteiger partial charge is 0.381 e. The van der Waals surface area contributed by atoms with Gasteiger partial charge in [-0.25, -0.2) is 0 Å². The summed E-state index contributed by atoms with van der Waals surface area (Å²) in [5, 5.41) is 6.29. The van der Waals surface area contributed by atoms with Crippen molar-refractivity contribution in [1.82, 2.24) is 10.2 Å². The number of benzene rings is 2. The molecule has 23 heavy (non-hydrogen) atoms. The van der Waals surface area contributed by atoms with E-state index >= 15 is 0 Å². The van der Waals surface area contributed by atoms with Crippen LogP contribution < -0.4 is 10.6 Å². The van der Waals surface area contributed by atoms with Gasteiger partial charge in [-0.2, -0.15) is 0 Å². The first-order valence-corrected chi connectivity index (χ1v) is 7.87. The van der Waals surface area contributed by atoms with E-state index in [0.29, 0.717) is 12.1 Å². The maximum atomic E-state index is 12.1. The van der Waals surface area contributed by atoms with E-state index in [1.54, 1.807) is 0 Å². The molecular formula is C19H25N3O. The lowest BCUT2D eigenvalue weighted by molar-refractivity contribution is 0.0951. The molecule has 0 bridgehead atoms. The van der Waals surface area contributed by atoms with Crippen molar-refractivity contribution in [3.63, 3.8) is 0 Å². The predicted molar refractivity (Wildman–Crippen MR) is 95.8 cm³/mol. The molecule has 122 valence electrons. The maximum Gasteiger partial charge on any atom is 0.251 e. The molecular weight excluding hydrogens is 286 g/mol. The van der Waals surface area contributed by atoms with Crippen LogP contribution in [0.1, 0.15) is 21.5 Å². The average molecular weight is 311 g/mol. The second kappa shape index (κ2) is 8.34. The van der Waals surface area contributed by atoms with E-state index in [0.717, 1.165) is 18.8 Å². The van der Waals surface area contributed by atoms with E-state index in [1.165, 1.54) is 11.1 Å². The van der Waals surface area contributed by atoms with E-state index in [-0.39, 0.29) is 5.91 Å². The minimum absolute atomic E-state index is 0.0363. The molecule has 0 heterocycles. The Balaban J connectivity index is 1.91. The zero-order chi connectivity index (χ0) is 16.7. The molecule has 4 nitrogen and oxygen atoms in total. The van der Waals surface area contributed by atoms with E-state index in [4.69, 9.17) is 0 Å². The standard InChI is InChI=1S/C19H25N3O/c1-15-7-9-16(10-8-15)14-21-18-6-4-5-17(13-18)19(23)20-11-12-22(2)3/h4-10,13,21H,11-12,14H2,1-3H3,(H,20,23). The summed E-state index contributed by atoms with van der Waals surface area (Å²) in [6.07, 6.45) is 0. The molecule has 0 atom stereocenters. The van der Waals surface area contributed by atoms with Crippen molar-refractivity contribution in [3.8, 4) is 0 Å². The van der Waals surface area contributed by atoms with Gasteiger partial charge in [0.25, 0.3) is 5.91 Å². The van der Waals surface area contributed by atoms with Crippen molar-refractivity contribution < 1.29 is 4.79 Å². The number of carbonyl (C=O) groups excluding carboxylic acids is 1. The average Bonchev–Trinajstić information content (AvgIpc) is 2.54. The van der Waals surface area contributed by atoms with Crippen molar-refractivity contribution in [2.24, 2.45) is 0 Å². The number of likely N-dealkylation sites (N-methyl/N-ethyl adjacent to an activating group) is 1. The van der Waals surface area contributed by atoms with Gasteiger partial charge in [0, 0.05) is 30.9 Å². The van der Waals surface area contributed by atoms with E-state index in [1.807, 2.05) is 43.3 Å². The Kier molecular flexibility index (Phi) is 6.18. The minimum atomic E-state index is -0.0363. The van der Waals surface area contributed by atoms with Gasteiger partial charge in [0.05, 0.1) is 0 Å². The van der Waals surface area contributed by atoms with Crippen molar-refractivity contribution in [2.45, 2.75) is 13.5 Å². The van der Waals surface area contributed by atoms with Crippen LogP contribution >= 0.6 is 0 Å². The van der Waals surface area contributed by atoms with Crippen molar-refractivity contribution in [3.05, 3.63) is 65.2 Å². The number of rotatable bonds is 7. The first-order valence-electron chi connectivity index (χ1n) is 7.87. The van der Waals surface area contributed by atoms with Crippen LogP contribution in [0.4, 0.5) is 5.69 Å². The molecule has 0 saturated carbocycles. The summed E-state index contributed by atoms with van der Waals surface area (Å²) in [6.45, 7) is 4.30. The maximum absolute atomic E-state index is 12.1. The number of nitrogens with zero attached hydrogens (tertiary/aromatic N) is 1. The normalized spacial score (nSPS) is 10.6. The van der Waals surface area contributed by atoms with Crippen LogP contribution in [0.2, 0.25) is 0 Å². The van der Waals surface area contributed by atoms with Gasteiger partial charge in [0.15, 0.2) is 0 Å². The third-order valence-corrected chi connectivity index (χ3v) is 3.59. The summed E-state index contributed by atoms with van der Waals surface area (Å²) in [5.74, 6) is -0.0363. The van der Waals surface area contributed by atoms with E-state index in [2.05, 4.69) is 41.8 Å². The molecule has 0 fully saturated rings. The topological polar surface area (TPSA) is 44.4 Å². The molecule has 2 aromatic carbocycles. The third-order valence-electron chi connectivity index (χ3n) is 3.59. The Morgan fingerprint density at radius 1 is 1.09 bits per heavy atom. The number of carbonyl (C=O) groups is 1. The summed E-state index contributed by atoms with van der Waals surface area (Å²) < 4.78 is 0. The molecule has 0 radical (unpaired) electrons. The van der Waals surface area contributed by atoms with Crippen molar-refractivity contribution in [2.75, 3.05) is 32.5 Å². The van der Waals surface area contributed by atoms with E-state index < -0.39 is 0 Å². The minimum Gasteiger partial charge on any atom is -0.381 e. The van der Waals surface area contributed by atoms with Gasteiger partial charge < -0.3 is 15.5 Å². The first kappa shape index (κ1) is 17.0. The molecule has 4 heteroatoms. The van der Waals surface area contributed by atoms with Crippen molar-refractivity contribution >= 4 is 11.6 Å². The van der Waals surface area contributed by atoms with Gasteiger partial charge >= 0.3 is 0 Å². The Morgan fingerprint density at radius 2 is 1.83 bits per heavy atom. The summed E-state index contributed by atoms with van der Waals surface area (Å²) in [4.78, 5) is 14.2. The number of nitrogens with one attached hydrogen (secondary N) is 2. The van der Waals surface area contributed by atoms with Gasteiger partial charge in [-0.1, -0.05) is 35.9 Å². The lowest BCUT2D eigenvalue weighted by atomic mass is 10.1. The number of aryl methyl sites for hydroxylation is 1. The molecule has 0 unspecified atom stereocenters. The smallest absolute Gasteiger partial charge is 0.251 e. The van der Waals surface area contributed by atoms with Crippen LogP contribution in [0, 0.1) is 6.92 Å². The third kappa shape index (κ3) is 5.75. The van der Waals surface area contributed by atoms with Crippen molar-refractivity contribution in [1.29, 1.82) is 0 Å². The zero-order valence-corrected chi connectivity index (χ0v) is 14.1. The van der Waals surface area contributed by atoms with Gasteiger partial charge in [0.1, 0.15) is 0 Å². The van der Waals surface area contributed by atoms with Gasteiger partial charge in [0.2, 0.25) is 0 Å². The summed E-state index contributed by atoms with van der Waals surface area (Å²) >= 11 is 0. The van der Waals surface area contributed by atoms with Crippen LogP contribution in [-0.4, -0.2) is 38.0 Å². The summed E-state index contributed by atoms with van der Waals surface area (Å²) in [5.41, 5.74) is 4.10. The summed E-state index contributed by atoms with van der Waals surface area (Å²) in [6, 6.07) is 16.0. The molecule has 0 aromatic heterocycles. The lowest BCUT2D eigenvalue weighted by Gasteiger charge is -2.11. The highest BCUT2D eigenvalue weighted by molar-refractivity contribution is 5.95. The molecule has 1 amide bonds. The highest BCUT2D eigenvalue weighted by atomic mass is 16.1. The SMILES string of the molecule is Cc1ccc(CNc2cccc(C(=O)NCCN(C)C)c2)cc1.